The molecule has 0 amide bonds. The van der Waals surface area contributed by atoms with Gasteiger partial charge >= 0.3 is 0 Å². The zero-order valence-corrected chi connectivity index (χ0v) is 78.0. The zero-order chi connectivity index (χ0) is 102. The van der Waals surface area contributed by atoms with Crippen molar-refractivity contribution in [2.75, 3.05) is 9.80 Å². The Kier molecular flexibility index (Phi) is 15.8. The second-order valence-electron chi connectivity index (χ2n) is 45.6. The lowest BCUT2D eigenvalue weighted by atomic mass is 9.33. The van der Waals surface area contributed by atoms with Crippen molar-refractivity contribution in [3.63, 3.8) is 0 Å². The lowest BCUT2D eigenvalue weighted by Gasteiger charge is -2.47. The fraction of sp³-hybridized carbons (Fsp3) is 0.379. The number of para-hydroxylation sites is 2. The Labute approximate surface area is 747 Å². The molecule has 3 nitrogen and oxygen atoms in total. The first-order valence-electron chi connectivity index (χ1n) is 51.7. The molecule has 2 aliphatic rings. The van der Waals surface area contributed by atoms with Gasteiger partial charge < -0.3 is 14.4 Å². The van der Waals surface area contributed by atoms with Crippen LogP contribution in [0.3, 0.4) is 0 Å². The molecule has 0 spiro atoms. The lowest BCUT2D eigenvalue weighted by Crippen LogP contribution is -2.61. The minimum Gasteiger partial charge on any atom is -0.310 e. The van der Waals surface area contributed by atoms with Gasteiger partial charge in [0.2, 0.25) is 0 Å². The standard InChI is InChI=1S/C116H136BN3/c1-106(2,3)74-49-46-71(47-50-74)87-63-79(111(16,17)18)66-91(88-62-75(107(4,5)6)52-55-93(88)115(28,29)30)104(87)119-99-60-72(73-58-77(109(10,11)12)61-78(59-73)110(13,14)15)48-56-95(99)117-96-57-53-82(118-97-44-38-35-41-85(97)86-42-36-39-45-98(86)118)70-100(96)120(102-69-81(113(22,23)24)68-101(119)103(102)117)105-89(83-40-34-37-43-92(83)114(25,26)27)64-80(112(19,20)21)65-90(105)84-54-51-76(108(7,8)9)67-94(84)116(31,32)33/h34-70H,1-33H3/i35D,36D,38D,39D,41D,42D,44D,45D,46D,47D,49D,50D,52D,55D,62D,63D,66D. The maximum atomic E-state index is 11.8. The van der Waals surface area contributed by atoms with E-state index in [1.165, 1.54) is 0 Å². The summed E-state index contributed by atoms with van der Waals surface area (Å²) in [5.41, 5.74) is 10.7. The smallest absolute Gasteiger partial charge is 0.252 e. The Balaban J connectivity index is 1.31. The third-order valence-electron chi connectivity index (χ3n) is 24.6. The predicted octanol–water partition coefficient (Wildman–Crippen LogP) is 31.5. The number of anilines is 6. The van der Waals surface area contributed by atoms with Crippen molar-refractivity contribution < 1.29 is 23.3 Å². The van der Waals surface area contributed by atoms with Crippen LogP contribution in [0.5, 0.6) is 0 Å². The molecule has 12 aromatic carbocycles. The molecular weight excluding hydrogens is 1450 g/mol. The van der Waals surface area contributed by atoms with Gasteiger partial charge in [-0.1, -0.05) is 386 Å². The summed E-state index contributed by atoms with van der Waals surface area (Å²) < 4.78 is 178. The molecule has 13 aromatic rings. The second kappa shape index (κ2) is 28.9. The lowest BCUT2D eigenvalue weighted by molar-refractivity contribution is 0.568. The van der Waals surface area contributed by atoms with Gasteiger partial charge in [0.1, 0.15) is 0 Å². The molecule has 3 heterocycles. The van der Waals surface area contributed by atoms with Crippen molar-refractivity contribution >= 4 is 79.0 Å². The molecule has 0 unspecified atom stereocenters. The van der Waals surface area contributed by atoms with E-state index in [-0.39, 0.29) is 131 Å². The van der Waals surface area contributed by atoms with Gasteiger partial charge in [-0.2, -0.15) is 0 Å². The van der Waals surface area contributed by atoms with Crippen molar-refractivity contribution in [1.29, 1.82) is 0 Å². The quantitative estimate of drug-likeness (QED) is 0.141. The van der Waals surface area contributed by atoms with Crippen molar-refractivity contribution in [2.24, 2.45) is 0 Å². The van der Waals surface area contributed by atoms with Crippen LogP contribution in [0.15, 0.2) is 224 Å². The van der Waals surface area contributed by atoms with Crippen LogP contribution in [0.4, 0.5) is 34.1 Å². The average Bonchev–Trinajstić information content (AvgIpc) is 1.56. The molecule has 0 saturated carbocycles. The van der Waals surface area contributed by atoms with Gasteiger partial charge in [-0.3, -0.25) is 0 Å². The first-order valence-corrected chi connectivity index (χ1v) is 43.2. The molecule has 0 aliphatic carbocycles. The highest BCUT2D eigenvalue weighted by Crippen LogP contribution is 2.58. The summed E-state index contributed by atoms with van der Waals surface area (Å²) in [5.74, 6) is 0. The van der Waals surface area contributed by atoms with Gasteiger partial charge in [-0.25, -0.2) is 0 Å². The Morgan fingerprint density at radius 1 is 0.250 bits per heavy atom. The number of nitrogens with zero attached hydrogens (tertiary/aromatic N) is 3. The topological polar surface area (TPSA) is 11.4 Å². The minimum atomic E-state index is -1.13. The number of benzene rings is 12. The molecular formula is C116H136BN3. The van der Waals surface area contributed by atoms with E-state index in [0.29, 0.717) is 44.8 Å². The summed E-state index contributed by atoms with van der Waals surface area (Å²) in [4.78, 5) is 4.49. The van der Waals surface area contributed by atoms with E-state index in [0.717, 1.165) is 78.0 Å². The van der Waals surface area contributed by atoms with Crippen LogP contribution in [-0.4, -0.2) is 11.3 Å². The van der Waals surface area contributed by atoms with Crippen molar-refractivity contribution in [3.8, 4) is 61.3 Å². The van der Waals surface area contributed by atoms with Crippen molar-refractivity contribution in [2.45, 2.75) is 288 Å². The summed E-state index contributed by atoms with van der Waals surface area (Å²) in [5, 5.41) is -0.163. The first kappa shape index (κ1) is 65.8. The summed E-state index contributed by atoms with van der Waals surface area (Å²) in [6.07, 6.45) is 0. The van der Waals surface area contributed by atoms with E-state index in [4.69, 9.17) is 0 Å². The Bertz CT molecular complexity index is 7170. The SMILES string of the molecule is [2H]c1c([2H])c(C(C)(C)C)c([2H])c([2H])c1-c1c([2H])c(C(C)(C)C)c([2H])c(-c2c([2H])c(C(C)(C)C)c([2H])c([2H])c2C(C)(C)C)c1N1c2cc(-c3cc(C(C)(C)C)cc(C(C)(C)C)c3)ccc2B2c3ccc(-n4c5c([2H])c([2H])c([2H])c([2H])c5c5c([2H])c([2H])c([2H])c([2H])c54)cc3N(c3c(-c4ccccc4C(C)(C)C)cc(C(C)(C)C)cc3-c3ccc(C(C)(C)C)cc3C(C)(C)C)c3cc(C(C)(C)C)cc1c32. The van der Waals surface area contributed by atoms with Crippen LogP contribution >= 0.6 is 0 Å². The van der Waals surface area contributed by atoms with E-state index in [9.17, 15) is 23.3 Å². The van der Waals surface area contributed by atoms with Gasteiger partial charge in [0.05, 0.1) is 45.7 Å². The van der Waals surface area contributed by atoms with Crippen LogP contribution in [0.25, 0.3) is 83.1 Å². The molecule has 15 rings (SSSR count). The fourth-order valence-corrected chi connectivity index (χ4v) is 17.3. The highest BCUT2D eigenvalue weighted by Gasteiger charge is 2.48. The number of aromatic nitrogens is 1. The molecule has 618 valence electrons. The third-order valence-corrected chi connectivity index (χ3v) is 24.6. The van der Waals surface area contributed by atoms with E-state index in [1.807, 2.05) is 95.2 Å². The Hall–Kier alpha value is -9.90. The first-order chi connectivity index (χ1) is 62.6. The van der Waals surface area contributed by atoms with Gasteiger partial charge in [0.15, 0.2) is 0 Å². The molecule has 0 radical (unpaired) electrons. The summed E-state index contributed by atoms with van der Waals surface area (Å²) >= 11 is 0. The Morgan fingerprint density at radius 3 is 1.18 bits per heavy atom. The van der Waals surface area contributed by atoms with Crippen LogP contribution in [0.2, 0.25) is 0 Å². The maximum absolute atomic E-state index is 11.8. The highest BCUT2D eigenvalue weighted by molar-refractivity contribution is 7.00. The number of fused-ring (bicyclic) bond motifs is 7. The largest absolute Gasteiger partial charge is 0.310 e. The zero-order valence-electron chi connectivity index (χ0n) is 95.0. The number of hydrogen-bond acceptors (Lipinski definition) is 2. The van der Waals surface area contributed by atoms with Crippen LogP contribution < -0.4 is 26.2 Å². The second-order valence-corrected chi connectivity index (χ2v) is 45.6. The molecule has 2 aliphatic heterocycles. The molecule has 0 atom stereocenters. The van der Waals surface area contributed by atoms with Gasteiger partial charge in [0.25, 0.3) is 6.71 Å². The van der Waals surface area contributed by atoms with Crippen molar-refractivity contribution in [1.82, 2.24) is 4.57 Å². The van der Waals surface area contributed by atoms with Gasteiger partial charge in [-0.15, -0.1) is 0 Å². The van der Waals surface area contributed by atoms with Crippen LogP contribution in [-0.2, 0) is 59.6 Å². The van der Waals surface area contributed by atoms with E-state index in [1.54, 1.807) is 4.57 Å². The predicted molar refractivity (Wildman–Crippen MR) is 528 cm³/mol. The maximum Gasteiger partial charge on any atom is 0.252 e. The van der Waals surface area contributed by atoms with Crippen LogP contribution in [0, 0.1) is 0 Å². The molecule has 120 heavy (non-hydrogen) atoms. The number of hydrogen-bond donors (Lipinski definition) is 0. The van der Waals surface area contributed by atoms with E-state index in [2.05, 4.69) is 264 Å². The van der Waals surface area contributed by atoms with E-state index < -0.39 is 110 Å². The molecule has 0 saturated heterocycles. The molecule has 0 fully saturated rings. The molecule has 0 bridgehead atoms. The number of rotatable bonds is 8. The van der Waals surface area contributed by atoms with Gasteiger partial charge in [-0.05, 0) is 237 Å². The average molecular weight is 1600 g/mol. The Morgan fingerprint density at radius 2 is 0.675 bits per heavy atom. The van der Waals surface area contributed by atoms with Crippen molar-refractivity contribution in [3.05, 3.63) is 285 Å². The monoisotopic (exact) mass is 1600 g/mol. The van der Waals surface area contributed by atoms with Gasteiger partial charge in [0, 0.05) is 61.5 Å². The fourth-order valence-electron chi connectivity index (χ4n) is 17.3. The summed E-state index contributed by atoms with van der Waals surface area (Å²) in [6, 6.07) is 37.3. The normalized spacial score (nSPS) is 16.0. The van der Waals surface area contributed by atoms with Crippen LogP contribution in [0.1, 0.15) is 313 Å². The highest BCUT2D eigenvalue weighted by atomic mass is 15.2. The molecule has 4 heteroatoms. The van der Waals surface area contributed by atoms with E-state index >= 15 is 0 Å². The summed E-state index contributed by atoms with van der Waals surface area (Å²) in [7, 11) is 0. The third kappa shape index (κ3) is 15.5. The minimum absolute atomic E-state index is 0.0553. The summed E-state index contributed by atoms with van der Waals surface area (Å²) in [6.45, 7) is 68.6. The molecule has 0 N–H and O–H groups in total. The molecule has 1 aromatic heterocycles.